The summed E-state index contributed by atoms with van der Waals surface area (Å²) in [4.78, 5) is 0. The zero-order valence-corrected chi connectivity index (χ0v) is 7.84. The average molecular weight is 185 g/mol. The lowest BCUT2D eigenvalue weighted by Gasteiger charge is -2.33. The molecule has 0 atom stereocenters. The van der Waals surface area contributed by atoms with Gasteiger partial charge in [-0.15, -0.1) is 0 Å². The van der Waals surface area contributed by atoms with Crippen LogP contribution >= 0.6 is 23.2 Å². The van der Waals surface area contributed by atoms with E-state index in [1.54, 1.807) is 13.8 Å². The van der Waals surface area contributed by atoms with Crippen molar-refractivity contribution in [3.8, 4) is 0 Å². The normalized spacial score (nSPS) is 13.8. The van der Waals surface area contributed by atoms with Gasteiger partial charge in [0.1, 0.15) is 4.33 Å². The van der Waals surface area contributed by atoms with Gasteiger partial charge in [-0.05, 0) is 26.8 Å². The van der Waals surface area contributed by atoms with Crippen LogP contribution in [0.15, 0.2) is 0 Å². The molecule has 0 bridgehead atoms. The lowest BCUT2D eigenvalue weighted by Crippen LogP contribution is -2.49. The maximum absolute atomic E-state index is 5.87. The molecule has 0 aromatic heterocycles. The second-order valence-electron chi connectivity index (χ2n) is 2.96. The minimum absolute atomic E-state index is 0.452. The van der Waals surface area contributed by atoms with Crippen molar-refractivity contribution in [2.24, 2.45) is 11.5 Å². The van der Waals surface area contributed by atoms with Crippen LogP contribution in [0.25, 0.3) is 0 Å². The molecule has 0 unspecified atom stereocenters. The van der Waals surface area contributed by atoms with Crippen molar-refractivity contribution < 1.29 is 0 Å². The van der Waals surface area contributed by atoms with Crippen LogP contribution in [0, 0.1) is 0 Å². The van der Waals surface area contributed by atoms with Crippen LogP contribution in [-0.4, -0.2) is 16.4 Å². The third-order valence-corrected chi connectivity index (χ3v) is 2.75. The molecule has 0 aliphatic heterocycles. The first-order valence-corrected chi connectivity index (χ1v) is 3.93. The molecule has 4 N–H and O–H groups in total. The van der Waals surface area contributed by atoms with Crippen molar-refractivity contribution in [2.75, 3.05) is 6.54 Å². The molecule has 0 amide bonds. The van der Waals surface area contributed by atoms with Crippen molar-refractivity contribution in [1.29, 1.82) is 0 Å². The Bertz CT molecular complexity index is 107. The fourth-order valence-corrected chi connectivity index (χ4v) is 0.722. The minimum atomic E-state index is -0.915. The Kier molecular flexibility index (Phi) is 3.43. The second-order valence-corrected chi connectivity index (χ2v) is 4.45. The molecule has 0 spiro atoms. The van der Waals surface area contributed by atoms with Crippen LogP contribution in [0.2, 0.25) is 0 Å². The maximum atomic E-state index is 5.87. The zero-order valence-electron chi connectivity index (χ0n) is 6.32. The quantitative estimate of drug-likeness (QED) is 0.650. The fraction of sp³-hybridized carbons (Fsp3) is 1.00. The highest BCUT2D eigenvalue weighted by Crippen LogP contribution is 2.34. The predicted octanol–water partition coefficient (Wildman–Crippen LogP) is 1.25. The van der Waals surface area contributed by atoms with Gasteiger partial charge in [0.15, 0.2) is 0 Å². The molecule has 0 saturated carbocycles. The highest BCUT2D eigenvalue weighted by molar-refractivity contribution is 6.49. The summed E-state index contributed by atoms with van der Waals surface area (Å²) in [5, 5.41) is 0. The highest BCUT2D eigenvalue weighted by atomic mass is 35.5. The van der Waals surface area contributed by atoms with Crippen LogP contribution in [0.5, 0.6) is 0 Å². The first kappa shape index (κ1) is 10.5. The van der Waals surface area contributed by atoms with Gasteiger partial charge < -0.3 is 11.5 Å². The molecule has 0 aromatic rings. The molecule has 2 nitrogen and oxygen atoms in total. The van der Waals surface area contributed by atoms with Crippen LogP contribution in [0.1, 0.15) is 20.3 Å². The number of hydrogen-bond acceptors (Lipinski definition) is 2. The average Bonchev–Trinajstić information content (AvgIpc) is 1.61. The van der Waals surface area contributed by atoms with Crippen molar-refractivity contribution in [3.05, 3.63) is 0 Å². The van der Waals surface area contributed by atoms with E-state index in [1.807, 2.05) is 0 Å². The number of hydrogen-bond donors (Lipinski definition) is 2. The maximum Gasteiger partial charge on any atom is 0.136 e. The summed E-state index contributed by atoms with van der Waals surface area (Å²) < 4.78 is -0.915. The third-order valence-electron chi connectivity index (χ3n) is 1.40. The van der Waals surface area contributed by atoms with Gasteiger partial charge in [0.25, 0.3) is 0 Å². The van der Waals surface area contributed by atoms with Gasteiger partial charge in [-0.25, -0.2) is 0 Å². The van der Waals surface area contributed by atoms with Gasteiger partial charge in [0.05, 0.1) is 0 Å². The Hall–Kier alpha value is 0.500. The summed E-state index contributed by atoms with van der Waals surface area (Å²) in [6.45, 7) is 4.01. The molecule has 0 aliphatic rings. The van der Waals surface area contributed by atoms with Crippen molar-refractivity contribution in [2.45, 2.75) is 30.1 Å². The van der Waals surface area contributed by atoms with Crippen LogP contribution < -0.4 is 11.5 Å². The summed E-state index contributed by atoms with van der Waals surface area (Å²) in [6.07, 6.45) is 0.514. The van der Waals surface area contributed by atoms with Gasteiger partial charge in [0.2, 0.25) is 0 Å². The minimum Gasteiger partial charge on any atom is -0.330 e. The Morgan fingerprint density at radius 2 is 1.70 bits per heavy atom. The molecular formula is C6H14Cl2N2. The van der Waals surface area contributed by atoms with E-state index in [9.17, 15) is 0 Å². The van der Waals surface area contributed by atoms with Gasteiger partial charge in [-0.2, -0.15) is 0 Å². The van der Waals surface area contributed by atoms with E-state index in [4.69, 9.17) is 34.7 Å². The number of alkyl halides is 2. The van der Waals surface area contributed by atoms with E-state index in [-0.39, 0.29) is 0 Å². The van der Waals surface area contributed by atoms with Crippen molar-refractivity contribution in [1.82, 2.24) is 0 Å². The molecule has 0 fully saturated rings. The van der Waals surface area contributed by atoms with Gasteiger partial charge >= 0.3 is 0 Å². The topological polar surface area (TPSA) is 52.0 Å². The molecule has 0 saturated heterocycles. The molecule has 10 heavy (non-hydrogen) atoms. The smallest absolute Gasteiger partial charge is 0.136 e. The second kappa shape index (κ2) is 3.26. The predicted molar refractivity (Wildman–Crippen MR) is 46.4 cm³/mol. The van der Waals surface area contributed by atoms with E-state index in [0.717, 1.165) is 0 Å². The summed E-state index contributed by atoms with van der Waals surface area (Å²) in [5.74, 6) is 0. The van der Waals surface area contributed by atoms with E-state index in [0.29, 0.717) is 13.0 Å². The number of rotatable bonds is 3. The molecule has 0 aromatic carbocycles. The monoisotopic (exact) mass is 184 g/mol. The van der Waals surface area contributed by atoms with E-state index in [1.165, 1.54) is 0 Å². The molecular weight excluding hydrogens is 171 g/mol. The molecule has 4 heteroatoms. The first-order chi connectivity index (χ1) is 4.31. The molecule has 0 radical (unpaired) electrons. The summed E-state index contributed by atoms with van der Waals surface area (Å²) in [5.41, 5.74) is 10.4. The van der Waals surface area contributed by atoms with E-state index < -0.39 is 9.87 Å². The third kappa shape index (κ3) is 2.62. The Morgan fingerprint density at radius 1 is 1.30 bits per heavy atom. The van der Waals surface area contributed by atoms with Crippen molar-refractivity contribution >= 4 is 23.2 Å². The number of halogens is 2. The Balaban J connectivity index is 4.10. The van der Waals surface area contributed by atoms with Gasteiger partial charge in [-0.1, -0.05) is 23.2 Å². The van der Waals surface area contributed by atoms with Gasteiger partial charge in [0, 0.05) is 5.54 Å². The SMILES string of the molecule is CC(C)(N)C(Cl)(Cl)CCN. The summed E-state index contributed by atoms with van der Waals surface area (Å²) >= 11 is 11.7. The van der Waals surface area contributed by atoms with Crippen LogP contribution in [0.3, 0.4) is 0 Å². The summed E-state index contributed by atoms with van der Waals surface area (Å²) in [6, 6.07) is 0. The Labute approximate surface area is 71.9 Å². The van der Waals surface area contributed by atoms with Crippen LogP contribution in [-0.2, 0) is 0 Å². The number of nitrogens with two attached hydrogens (primary N) is 2. The standard InChI is InChI=1S/C6H14Cl2N2/c1-5(2,10)6(7,8)3-4-9/h3-4,9-10H2,1-2H3. The largest absolute Gasteiger partial charge is 0.330 e. The van der Waals surface area contributed by atoms with E-state index in [2.05, 4.69) is 0 Å². The lowest BCUT2D eigenvalue weighted by atomic mass is 9.99. The molecule has 62 valence electrons. The first-order valence-electron chi connectivity index (χ1n) is 3.18. The van der Waals surface area contributed by atoms with Gasteiger partial charge in [-0.3, -0.25) is 0 Å². The van der Waals surface area contributed by atoms with E-state index >= 15 is 0 Å². The summed E-state index contributed by atoms with van der Waals surface area (Å²) in [7, 11) is 0. The lowest BCUT2D eigenvalue weighted by molar-refractivity contribution is 0.432. The Morgan fingerprint density at radius 3 is 1.80 bits per heavy atom. The van der Waals surface area contributed by atoms with Crippen molar-refractivity contribution in [3.63, 3.8) is 0 Å². The molecule has 0 rings (SSSR count). The highest BCUT2D eigenvalue weighted by Gasteiger charge is 2.37. The van der Waals surface area contributed by atoms with Crippen LogP contribution in [0.4, 0.5) is 0 Å². The molecule has 0 heterocycles. The molecule has 0 aliphatic carbocycles. The zero-order chi connectivity index (χ0) is 8.41. The fourth-order valence-electron chi connectivity index (χ4n) is 0.503.